The summed E-state index contributed by atoms with van der Waals surface area (Å²) in [4.78, 5) is 3.64. The normalized spacial score (nSPS) is 10.4. The van der Waals surface area contributed by atoms with Gasteiger partial charge in [0.1, 0.15) is 5.82 Å². The largest absolute Gasteiger partial charge is 0.223 e. The highest BCUT2D eigenvalue weighted by molar-refractivity contribution is 6.17. The van der Waals surface area contributed by atoms with Crippen molar-refractivity contribution in [1.82, 2.24) is 4.98 Å². The molecule has 0 unspecified atom stereocenters. The Hall–Kier alpha value is -1.48. The third-order valence-corrected chi connectivity index (χ3v) is 2.48. The highest BCUT2D eigenvalue weighted by atomic mass is 35.5. The number of hydrogen-bond donors (Lipinski definition) is 0. The van der Waals surface area contributed by atoms with Gasteiger partial charge in [0.05, 0.1) is 11.6 Å². The number of benzene rings is 1. The van der Waals surface area contributed by atoms with Gasteiger partial charge < -0.3 is 0 Å². The van der Waals surface area contributed by atoms with Gasteiger partial charge in [0, 0.05) is 11.1 Å². The fourth-order valence-electron chi connectivity index (χ4n) is 1.50. The molecule has 1 nitrogen and oxygen atoms in total. The van der Waals surface area contributed by atoms with Crippen LogP contribution in [0.1, 0.15) is 5.69 Å². The summed E-state index contributed by atoms with van der Waals surface area (Å²) in [5.74, 6) is -0.945. The second kappa shape index (κ2) is 4.58. The number of halogens is 3. The van der Waals surface area contributed by atoms with E-state index < -0.39 is 5.95 Å². The van der Waals surface area contributed by atoms with Crippen molar-refractivity contribution < 1.29 is 8.78 Å². The molecule has 0 saturated heterocycles. The van der Waals surface area contributed by atoms with Crippen LogP contribution in [0.5, 0.6) is 0 Å². The molecule has 2 rings (SSSR count). The van der Waals surface area contributed by atoms with E-state index in [-0.39, 0.29) is 11.7 Å². The molecule has 0 N–H and O–H groups in total. The molecule has 1 heterocycles. The summed E-state index contributed by atoms with van der Waals surface area (Å²) in [7, 11) is 0. The van der Waals surface area contributed by atoms with E-state index in [1.807, 2.05) is 0 Å². The number of pyridine rings is 1. The second-order valence-corrected chi connectivity index (χ2v) is 3.51. The lowest BCUT2D eigenvalue weighted by molar-refractivity contribution is 0.579. The summed E-state index contributed by atoms with van der Waals surface area (Å²) in [5.41, 5.74) is 1.24. The van der Waals surface area contributed by atoms with Crippen LogP contribution in [0, 0.1) is 11.8 Å². The van der Waals surface area contributed by atoms with E-state index >= 15 is 0 Å². The van der Waals surface area contributed by atoms with E-state index in [2.05, 4.69) is 4.98 Å². The van der Waals surface area contributed by atoms with E-state index in [0.717, 1.165) is 0 Å². The minimum atomic E-state index is -0.615. The van der Waals surface area contributed by atoms with Gasteiger partial charge in [-0.1, -0.05) is 18.2 Å². The fraction of sp³-hybridized carbons (Fsp3) is 0.0833. The van der Waals surface area contributed by atoms with Crippen molar-refractivity contribution in [3.63, 3.8) is 0 Å². The van der Waals surface area contributed by atoms with Crippen molar-refractivity contribution in [2.24, 2.45) is 0 Å². The van der Waals surface area contributed by atoms with Crippen LogP contribution in [0.4, 0.5) is 8.78 Å². The van der Waals surface area contributed by atoms with Gasteiger partial charge in [0.25, 0.3) is 0 Å². The van der Waals surface area contributed by atoms with E-state index in [4.69, 9.17) is 11.6 Å². The lowest BCUT2D eigenvalue weighted by Gasteiger charge is -2.07. The van der Waals surface area contributed by atoms with Crippen molar-refractivity contribution >= 4 is 11.6 Å². The minimum absolute atomic E-state index is 0.0431. The summed E-state index contributed by atoms with van der Waals surface area (Å²) in [6.07, 6.45) is 0. The Balaban J connectivity index is 2.60. The van der Waals surface area contributed by atoms with Crippen LogP contribution in [0.3, 0.4) is 0 Å². The van der Waals surface area contributed by atoms with Crippen LogP contribution in [0.15, 0.2) is 36.4 Å². The average Bonchev–Trinajstić information content (AvgIpc) is 2.30. The van der Waals surface area contributed by atoms with Gasteiger partial charge in [-0.25, -0.2) is 9.37 Å². The molecule has 16 heavy (non-hydrogen) atoms. The van der Waals surface area contributed by atoms with Crippen LogP contribution in [-0.4, -0.2) is 4.98 Å². The molecule has 0 atom stereocenters. The highest BCUT2D eigenvalue weighted by Crippen LogP contribution is 2.26. The molecule has 0 aliphatic carbocycles. The molecule has 0 radical (unpaired) electrons. The third kappa shape index (κ3) is 2.04. The lowest BCUT2D eigenvalue weighted by Crippen LogP contribution is -1.95. The SMILES string of the molecule is Fc1ccc(-c2ccccc2F)c(CCl)n1. The van der Waals surface area contributed by atoms with Gasteiger partial charge in [0.15, 0.2) is 0 Å². The fourth-order valence-corrected chi connectivity index (χ4v) is 1.71. The molecule has 1 aromatic carbocycles. The van der Waals surface area contributed by atoms with Crippen molar-refractivity contribution in [2.75, 3.05) is 0 Å². The van der Waals surface area contributed by atoms with Gasteiger partial charge >= 0.3 is 0 Å². The first-order chi connectivity index (χ1) is 7.72. The summed E-state index contributed by atoms with van der Waals surface area (Å²) in [6, 6.07) is 8.93. The lowest BCUT2D eigenvalue weighted by atomic mass is 10.0. The smallest absolute Gasteiger partial charge is 0.213 e. The molecule has 82 valence electrons. The summed E-state index contributed by atoms with van der Waals surface area (Å²) < 4.78 is 26.4. The van der Waals surface area contributed by atoms with Crippen LogP contribution in [0.25, 0.3) is 11.1 Å². The molecule has 0 aliphatic rings. The zero-order chi connectivity index (χ0) is 11.5. The van der Waals surface area contributed by atoms with Crippen LogP contribution in [-0.2, 0) is 5.88 Å². The molecule has 1 aromatic heterocycles. The first kappa shape index (κ1) is 11.0. The van der Waals surface area contributed by atoms with Gasteiger partial charge in [-0.05, 0) is 18.2 Å². The Morgan fingerprint density at radius 1 is 1.00 bits per heavy atom. The maximum atomic E-state index is 13.5. The molecule has 0 bridgehead atoms. The number of nitrogens with zero attached hydrogens (tertiary/aromatic N) is 1. The zero-order valence-corrected chi connectivity index (χ0v) is 9.01. The highest BCUT2D eigenvalue weighted by Gasteiger charge is 2.10. The van der Waals surface area contributed by atoms with Crippen LogP contribution >= 0.6 is 11.6 Å². The first-order valence-corrected chi connectivity index (χ1v) is 5.22. The van der Waals surface area contributed by atoms with Crippen molar-refractivity contribution in [3.8, 4) is 11.1 Å². The predicted octanol–water partition coefficient (Wildman–Crippen LogP) is 3.77. The molecule has 0 amide bonds. The maximum Gasteiger partial charge on any atom is 0.213 e. The number of rotatable bonds is 2. The van der Waals surface area contributed by atoms with Crippen LogP contribution < -0.4 is 0 Å². The summed E-state index contributed by atoms with van der Waals surface area (Å²) in [5, 5.41) is 0. The molecule has 0 spiro atoms. The quantitative estimate of drug-likeness (QED) is 0.574. The summed E-state index contributed by atoms with van der Waals surface area (Å²) in [6.45, 7) is 0. The zero-order valence-electron chi connectivity index (χ0n) is 8.25. The van der Waals surface area contributed by atoms with Gasteiger partial charge in [-0.15, -0.1) is 11.6 Å². The van der Waals surface area contributed by atoms with Crippen molar-refractivity contribution in [2.45, 2.75) is 5.88 Å². The van der Waals surface area contributed by atoms with E-state index in [0.29, 0.717) is 16.8 Å². The molecule has 4 heteroatoms. The van der Waals surface area contributed by atoms with Crippen LogP contribution in [0.2, 0.25) is 0 Å². The van der Waals surface area contributed by atoms with Gasteiger partial charge in [-0.3, -0.25) is 0 Å². The molecule has 2 aromatic rings. The van der Waals surface area contributed by atoms with E-state index in [1.54, 1.807) is 18.2 Å². The van der Waals surface area contributed by atoms with E-state index in [1.165, 1.54) is 18.2 Å². The Labute approximate surface area is 96.7 Å². The average molecular weight is 240 g/mol. The standard InChI is InChI=1S/C12H8ClF2N/c13-7-11-9(5-6-12(15)16-11)8-3-1-2-4-10(8)14/h1-6H,7H2. The molecule has 0 saturated carbocycles. The molecule has 0 aliphatic heterocycles. The van der Waals surface area contributed by atoms with Gasteiger partial charge in [-0.2, -0.15) is 4.39 Å². The first-order valence-electron chi connectivity index (χ1n) is 4.68. The summed E-state index contributed by atoms with van der Waals surface area (Å²) >= 11 is 5.65. The van der Waals surface area contributed by atoms with Crippen molar-refractivity contribution in [3.05, 3.63) is 53.9 Å². The minimum Gasteiger partial charge on any atom is -0.223 e. The Morgan fingerprint density at radius 2 is 1.75 bits per heavy atom. The third-order valence-electron chi connectivity index (χ3n) is 2.23. The van der Waals surface area contributed by atoms with E-state index in [9.17, 15) is 8.78 Å². The van der Waals surface area contributed by atoms with Crippen molar-refractivity contribution in [1.29, 1.82) is 0 Å². The maximum absolute atomic E-state index is 13.5. The second-order valence-electron chi connectivity index (χ2n) is 3.24. The number of hydrogen-bond acceptors (Lipinski definition) is 1. The molecule has 0 fully saturated rings. The number of aromatic nitrogens is 1. The molecular weight excluding hydrogens is 232 g/mol. The monoisotopic (exact) mass is 239 g/mol. The Kier molecular flexibility index (Phi) is 3.15. The van der Waals surface area contributed by atoms with Gasteiger partial charge in [0.2, 0.25) is 5.95 Å². The topological polar surface area (TPSA) is 12.9 Å². The number of alkyl halides is 1. The molecular formula is C12H8ClF2N. The Bertz CT molecular complexity index is 514. The predicted molar refractivity (Wildman–Crippen MR) is 59.1 cm³/mol. The Morgan fingerprint density at radius 3 is 2.44 bits per heavy atom.